The minimum Gasteiger partial charge on any atom is -0.488 e. The molecule has 1 nitrogen and oxygen atoms in total. The molecule has 98 valence electrons. The second-order valence-electron chi connectivity index (χ2n) is 4.09. The minimum absolute atomic E-state index is 0.510. The van der Waals surface area contributed by atoms with E-state index in [1.54, 1.807) is 6.08 Å². The smallest absolute Gasteiger partial charge is 0.135 e. The van der Waals surface area contributed by atoms with Gasteiger partial charge < -0.3 is 4.74 Å². The Balaban J connectivity index is 2.14. The van der Waals surface area contributed by atoms with E-state index in [1.807, 2.05) is 66.7 Å². The second-order valence-corrected chi connectivity index (χ2v) is 4.09. The number of para-hydroxylation sites is 1. The molecule has 0 saturated carbocycles. The Kier molecular flexibility index (Phi) is 5.25. The first kappa shape index (κ1) is 13.7. The Bertz CT molecular complexity index is 642. The summed E-state index contributed by atoms with van der Waals surface area (Å²) in [7, 11) is 0. The van der Waals surface area contributed by atoms with Gasteiger partial charge in [-0.2, -0.15) is 0 Å². The van der Waals surface area contributed by atoms with Crippen LogP contribution < -0.4 is 4.74 Å². The van der Waals surface area contributed by atoms with Crippen LogP contribution in [-0.2, 0) is 0 Å². The number of benzene rings is 2. The zero-order valence-electron chi connectivity index (χ0n) is 11.3. The van der Waals surface area contributed by atoms with Crippen molar-refractivity contribution in [2.45, 2.75) is 0 Å². The molecule has 0 atom stereocenters. The molecule has 2 aromatic rings. The molecule has 0 radical (unpaired) electrons. The average Bonchev–Trinajstić information content (AvgIpc) is 2.51. The molecular weight excluding hydrogens is 244 g/mol. The van der Waals surface area contributed by atoms with Crippen LogP contribution in [0.2, 0.25) is 0 Å². The number of allylic oxidation sites excluding steroid dienone is 2. The maximum atomic E-state index is 5.69. The van der Waals surface area contributed by atoms with Crippen LogP contribution in [0.25, 0.3) is 0 Å². The Morgan fingerprint density at radius 1 is 0.950 bits per heavy atom. The normalized spacial score (nSPS) is 9.80. The molecule has 0 amide bonds. The van der Waals surface area contributed by atoms with Crippen LogP contribution in [0, 0.1) is 11.8 Å². The van der Waals surface area contributed by atoms with Gasteiger partial charge in [0.15, 0.2) is 0 Å². The van der Waals surface area contributed by atoms with Gasteiger partial charge in [-0.15, -0.1) is 0 Å². The summed E-state index contributed by atoms with van der Waals surface area (Å²) in [6.07, 6.45) is 5.50. The Labute approximate surface area is 120 Å². The molecule has 0 aliphatic heterocycles. The van der Waals surface area contributed by atoms with Gasteiger partial charge in [-0.05, 0) is 30.3 Å². The molecule has 0 aliphatic rings. The molecular formula is C19H16O. The average molecular weight is 260 g/mol. The minimum atomic E-state index is 0.510. The molecule has 2 rings (SSSR count). The van der Waals surface area contributed by atoms with Crippen molar-refractivity contribution in [1.29, 1.82) is 0 Å². The van der Waals surface area contributed by atoms with Gasteiger partial charge in [0.1, 0.15) is 12.4 Å². The molecule has 2 aromatic carbocycles. The molecule has 0 aliphatic carbocycles. The highest BCUT2D eigenvalue weighted by atomic mass is 16.5. The summed E-state index contributed by atoms with van der Waals surface area (Å²) >= 11 is 0. The van der Waals surface area contributed by atoms with Crippen molar-refractivity contribution in [3.63, 3.8) is 0 Å². The highest BCUT2D eigenvalue weighted by molar-refractivity contribution is 5.49. The molecule has 0 aromatic heterocycles. The van der Waals surface area contributed by atoms with Crippen LogP contribution in [0.1, 0.15) is 11.1 Å². The van der Waals surface area contributed by atoms with Gasteiger partial charge in [0.25, 0.3) is 0 Å². The lowest BCUT2D eigenvalue weighted by molar-refractivity contribution is 0.362. The SMILES string of the molecule is C=C/C=C/COc1ccccc1C#Cc1ccccc1. The highest BCUT2D eigenvalue weighted by Crippen LogP contribution is 2.16. The van der Waals surface area contributed by atoms with Gasteiger partial charge >= 0.3 is 0 Å². The maximum absolute atomic E-state index is 5.69. The molecule has 0 fully saturated rings. The summed E-state index contributed by atoms with van der Waals surface area (Å²) in [6, 6.07) is 17.7. The fourth-order valence-corrected chi connectivity index (χ4v) is 1.65. The number of ether oxygens (including phenoxy) is 1. The lowest BCUT2D eigenvalue weighted by Gasteiger charge is -2.05. The summed E-state index contributed by atoms with van der Waals surface area (Å²) < 4.78 is 5.69. The first-order valence-electron chi connectivity index (χ1n) is 6.46. The van der Waals surface area contributed by atoms with Crippen LogP contribution in [0.4, 0.5) is 0 Å². The van der Waals surface area contributed by atoms with Gasteiger partial charge in [0.2, 0.25) is 0 Å². The Hall–Kier alpha value is -2.72. The highest BCUT2D eigenvalue weighted by Gasteiger charge is 1.98. The maximum Gasteiger partial charge on any atom is 0.135 e. The molecule has 0 spiro atoms. The second kappa shape index (κ2) is 7.66. The lowest BCUT2D eigenvalue weighted by Crippen LogP contribution is -1.95. The molecule has 0 heterocycles. The molecule has 0 saturated heterocycles. The van der Waals surface area contributed by atoms with Gasteiger partial charge in [-0.3, -0.25) is 0 Å². The first-order valence-corrected chi connectivity index (χ1v) is 6.46. The van der Waals surface area contributed by atoms with Crippen LogP contribution in [-0.4, -0.2) is 6.61 Å². The Morgan fingerprint density at radius 2 is 1.70 bits per heavy atom. The monoisotopic (exact) mass is 260 g/mol. The van der Waals surface area contributed by atoms with E-state index in [0.29, 0.717) is 6.61 Å². The van der Waals surface area contributed by atoms with E-state index in [4.69, 9.17) is 4.74 Å². The topological polar surface area (TPSA) is 9.23 Å². The predicted molar refractivity (Wildman–Crippen MR) is 83.7 cm³/mol. The van der Waals surface area contributed by atoms with E-state index < -0.39 is 0 Å². The lowest BCUT2D eigenvalue weighted by atomic mass is 10.1. The van der Waals surface area contributed by atoms with Gasteiger partial charge in [-0.1, -0.05) is 60.9 Å². The first-order chi connectivity index (χ1) is 9.90. The van der Waals surface area contributed by atoms with E-state index in [1.165, 1.54) is 0 Å². The van der Waals surface area contributed by atoms with Crippen LogP contribution in [0.5, 0.6) is 5.75 Å². The van der Waals surface area contributed by atoms with E-state index in [-0.39, 0.29) is 0 Å². The van der Waals surface area contributed by atoms with Gasteiger partial charge in [0, 0.05) is 5.56 Å². The fraction of sp³-hybridized carbons (Fsp3) is 0.0526. The van der Waals surface area contributed by atoms with Crippen LogP contribution in [0.3, 0.4) is 0 Å². The summed E-state index contributed by atoms with van der Waals surface area (Å²) in [5, 5.41) is 0. The van der Waals surface area contributed by atoms with Gasteiger partial charge in [-0.25, -0.2) is 0 Å². The summed E-state index contributed by atoms with van der Waals surface area (Å²) in [5.41, 5.74) is 1.89. The summed E-state index contributed by atoms with van der Waals surface area (Å²) in [6.45, 7) is 4.13. The van der Waals surface area contributed by atoms with Crippen molar-refractivity contribution in [2.24, 2.45) is 0 Å². The van der Waals surface area contributed by atoms with Crippen LogP contribution >= 0.6 is 0 Å². The van der Waals surface area contributed by atoms with E-state index in [9.17, 15) is 0 Å². The van der Waals surface area contributed by atoms with Crippen molar-refractivity contribution in [3.05, 3.63) is 90.5 Å². The van der Waals surface area contributed by atoms with Crippen molar-refractivity contribution < 1.29 is 4.74 Å². The number of hydrogen-bond donors (Lipinski definition) is 0. The zero-order valence-corrected chi connectivity index (χ0v) is 11.3. The standard InChI is InChI=1S/C19H16O/c1-2-3-9-16-20-19-13-8-7-12-18(19)15-14-17-10-5-4-6-11-17/h2-13H,1,16H2/b9-3+. The van der Waals surface area contributed by atoms with Crippen molar-refractivity contribution in [2.75, 3.05) is 6.61 Å². The van der Waals surface area contributed by atoms with Gasteiger partial charge in [0.05, 0.1) is 5.56 Å². The fourth-order valence-electron chi connectivity index (χ4n) is 1.65. The van der Waals surface area contributed by atoms with E-state index in [2.05, 4.69) is 18.4 Å². The molecule has 0 unspecified atom stereocenters. The van der Waals surface area contributed by atoms with Crippen molar-refractivity contribution in [1.82, 2.24) is 0 Å². The zero-order chi connectivity index (χ0) is 14.0. The molecule has 20 heavy (non-hydrogen) atoms. The Morgan fingerprint density at radius 3 is 2.50 bits per heavy atom. The number of hydrogen-bond acceptors (Lipinski definition) is 1. The van der Waals surface area contributed by atoms with Crippen molar-refractivity contribution in [3.8, 4) is 17.6 Å². The quantitative estimate of drug-likeness (QED) is 0.591. The number of rotatable bonds is 4. The summed E-state index contributed by atoms with van der Waals surface area (Å²) in [5.74, 6) is 7.09. The molecule has 0 N–H and O–H groups in total. The summed E-state index contributed by atoms with van der Waals surface area (Å²) in [4.78, 5) is 0. The van der Waals surface area contributed by atoms with E-state index in [0.717, 1.165) is 16.9 Å². The van der Waals surface area contributed by atoms with Crippen LogP contribution in [0.15, 0.2) is 79.4 Å². The predicted octanol–water partition coefficient (Wildman–Crippen LogP) is 4.21. The third-order valence-electron chi connectivity index (χ3n) is 2.61. The van der Waals surface area contributed by atoms with Crippen molar-refractivity contribution >= 4 is 0 Å². The molecule has 1 heteroatoms. The third kappa shape index (κ3) is 4.19. The van der Waals surface area contributed by atoms with E-state index >= 15 is 0 Å². The third-order valence-corrected chi connectivity index (χ3v) is 2.61. The largest absolute Gasteiger partial charge is 0.488 e. The molecule has 0 bridgehead atoms.